The van der Waals surface area contributed by atoms with E-state index >= 15 is 0 Å². The summed E-state index contributed by atoms with van der Waals surface area (Å²) in [6.07, 6.45) is 3.40. The van der Waals surface area contributed by atoms with Gasteiger partial charge in [-0.15, -0.1) is 0 Å². The van der Waals surface area contributed by atoms with Crippen LogP contribution in [0.1, 0.15) is 45.1 Å². The molecule has 9 nitrogen and oxygen atoms in total. The number of phenols is 1. The highest BCUT2D eigenvalue weighted by atomic mass is 16.3. The number of amides is 3. The van der Waals surface area contributed by atoms with Crippen molar-refractivity contribution in [1.82, 2.24) is 10.6 Å². The van der Waals surface area contributed by atoms with Gasteiger partial charge in [0.05, 0.1) is 6.04 Å². The SMILES string of the molecule is CC(C)C(NC(=O)C(N)C(CN)CO)C(=O)NC(=O)CCCCCc1ccc(O)cc1. The molecule has 3 atom stereocenters. The first-order valence-electron chi connectivity index (χ1n) is 10.7. The number of aryl methyl sites for hydroxylation is 1. The predicted molar refractivity (Wildman–Crippen MR) is 118 cm³/mol. The first-order valence-corrected chi connectivity index (χ1v) is 10.7. The zero-order chi connectivity index (χ0) is 23.4. The Labute approximate surface area is 183 Å². The molecule has 1 aromatic carbocycles. The van der Waals surface area contributed by atoms with E-state index in [-0.39, 0.29) is 31.2 Å². The van der Waals surface area contributed by atoms with Crippen LogP contribution in [0, 0.1) is 11.8 Å². The van der Waals surface area contributed by atoms with Crippen molar-refractivity contribution in [3.8, 4) is 5.75 Å². The summed E-state index contributed by atoms with van der Waals surface area (Å²) in [5, 5.41) is 23.4. The highest BCUT2D eigenvalue weighted by Crippen LogP contribution is 2.13. The molecule has 0 spiro atoms. The maximum atomic E-state index is 12.5. The van der Waals surface area contributed by atoms with Crippen LogP contribution < -0.4 is 22.1 Å². The van der Waals surface area contributed by atoms with Crippen molar-refractivity contribution in [3.63, 3.8) is 0 Å². The lowest BCUT2D eigenvalue weighted by atomic mass is 9.98. The van der Waals surface area contributed by atoms with E-state index in [2.05, 4.69) is 10.6 Å². The van der Waals surface area contributed by atoms with Gasteiger partial charge < -0.3 is 27.0 Å². The summed E-state index contributed by atoms with van der Waals surface area (Å²) < 4.78 is 0. The zero-order valence-electron chi connectivity index (χ0n) is 18.3. The van der Waals surface area contributed by atoms with E-state index < -0.39 is 35.7 Å². The second-order valence-electron chi connectivity index (χ2n) is 8.07. The smallest absolute Gasteiger partial charge is 0.249 e. The summed E-state index contributed by atoms with van der Waals surface area (Å²) >= 11 is 0. The molecule has 0 bridgehead atoms. The number of benzene rings is 1. The van der Waals surface area contributed by atoms with Gasteiger partial charge in [0, 0.05) is 18.9 Å². The van der Waals surface area contributed by atoms with Crippen LogP contribution in [0.25, 0.3) is 0 Å². The summed E-state index contributed by atoms with van der Waals surface area (Å²) in [5.41, 5.74) is 12.4. The minimum atomic E-state index is -1.05. The van der Waals surface area contributed by atoms with Crippen LogP contribution in [-0.4, -0.2) is 53.2 Å². The molecule has 0 radical (unpaired) electrons. The molecule has 31 heavy (non-hydrogen) atoms. The summed E-state index contributed by atoms with van der Waals surface area (Å²) in [4.78, 5) is 36.9. The van der Waals surface area contributed by atoms with Gasteiger partial charge in [0.2, 0.25) is 17.7 Å². The molecule has 0 aromatic heterocycles. The van der Waals surface area contributed by atoms with Crippen molar-refractivity contribution in [3.05, 3.63) is 29.8 Å². The third-order valence-corrected chi connectivity index (χ3v) is 5.16. The van der Waals surface area contributed by atoms with Crippen molar-refractivity contribution in [1.29, 1.82) is 0 Å². The number of unbranched alkanes of at least 4 members (excludes halogenated alkanes) is 2. The number of aliphatic hydroxyl groups is 1. The second kappa shape index (κ2) is 13.7. The van der Waals surface area contributed by atoms with Crippen LogP contribution >= 0.6 is 0 Å². The van der Waals surface area contributed by atoms with E-state index in [1.54, 1.807) is 26.0 Å². The van der Waals surface area contributed by atoms with E-state index in [1.165, 1.54) is 0 Å². The fourth-order valence-corrected chi connectivity index (χ4v) is 3.06. The highest BCUT2D eigenvalue weighted by molar-refractivity contribution is 5.99. The largest absolute Gasteiger partial charge is 0.508 e. The summed E-state index contributed by atoms with van der Waals surface area (Å²) in [6.45, 7) is 3.19. The molecule has 0 aliphatic heterocycles. The first kappa shape index (κ1) is 26.5. The Morgan fingerprint density at radius 2 is 1.68 bits per heavy atom. The predicted octanol–water partition coefficient (Wildman–Crippen LogP) is 0.173. The summed E-state index contributed by atoms with van der Waals surface area (Å²) in [5.74, 6) is -2.22. The van der Waals surface area contributed by atoms with Gasteiger partial charge in [-0.1, -0.05) is 32.4 Å². The topological polar surface area (TPSA) is 168 Å². The summed E-state index contributed by atoms with van der Waals surface area (Å²) in [6, 6.07) is 5.05. The lowest BCUT2D eigenvalue weighted by molar-refractivity contribution is -0.135. The number of phenolic OH excluding ortho intramolecular Hbond substituents is 1. The molecule has 174 valence electrons. The van der Waals surface area contributed by atoms with Crippen molar-refractivity contribution in [2.45, 2.75) is 58.0 Å². The third kappa shape index (κ3) is 9.46. The van der Waals surface area contributed by atoms with Crippen LogP contribution in [-0.2, 0) is 20.8 Å². The molecule has 8 N–H and O–H groups in total. The normalized spacial score (nSPS) is 14.0. The molecule has 0 saturated heterocycles. The van der Waals surface area contributed by atoms with Crippen LogP contribution in [0.3, 0.4) is 0 Å². The third-order valence-electron chi connectivity index (χ3n) is 5.16. The molecule has 1 aromatic rings. The lowest BCUT2D eigenvalue weighted by Crippen LogP contribution is -2.57. The zero-order valence-corrected chi connectivity index (χ0v) is 18.3. The number of carbonyl (C=O) groups is 3. The lowest BCUT2D eigenvalue weighted by Gasteiger charge is -2.25. The van der Waals surface area contributed by atoms with Gasteiger partial charge in [-0.05, 0) is 49.4 Å². The van der Waals surface area contributed by atoms with Gasteiger partial charge in [-0.25, -0.2) is 0 Å². The Morgan fingerprint density at radius 1 is 1.03 bits per heavy atom. The Hall–Kier alpha value is -2.49. The Balaban J connectivity index is 2.42. The standard InChI is InChI=1S/C22H36N4O5/c1-14(2)20(26-21(30)19(24)16(12-23)13-27)22(31)25-18(29)7-5-3-4-6-15-8-10-17(28)11-9-15/h8-11,14,16,19-20,27-28H,3-7,12-13,23-24H2,1-2H3,(H,26,30)(H,25,29,31). The molecule has 0 heterocycles. The van der Waals surface area contributed by atoms with E-state index in [1.807, 2.05) is 12.1 Å². The number of rotatable bonds is 13. The maximum absolute atomic E-state index is 12.5. The fraction of sp³-hybridized carbons (Fsp3) is 0.591. The van der Waals surface area contributed by atoms with Crippen molar-refractivity contribution in [2.24, 2.45) is 23.3 Å². The molecule has 9 heteroatoms. The molecular weight excluding hydrogens is 400 g/mol. The van der Waals surface area contributed by atoms with Gasteiger partial charge in [0.25, 0.3) is 0 Å². The minimum absolute atomic E-state index is 0.0366. The van der Waals surface area contributed by atoms with E-state index in [9.17, 15) is 24.6 Å². The summed E-state index contributed by atoms with van der Waals surface area (Å²) in [7, 11) is 0. The average Bonchev–Trinajstić information content (AvgIpc) is 2.73. The number of imide groups is 1. The van der Waals surface area contributed by atoms with Gasteiger partial charge in [0.15, 0.2) is 0 Å². The molecule has 0 aliphatic carbocycles. The van der Waals surface area contributed by atoms with Crippen molar-refractivity contribution in [2.75, 3.05) is 13.2 Å². The van der Waals surface area contributed by atoms with E-state index in [0.29, 0.717) is 6.42 Å². The van der Waals surface area contributed by atoms with Gasteiger partial charge >= 0.3 is 0 Å². The Morgan fingerprint density at radius 3 is 2.23 bits per heavy atom. The molecular formula is C22H36N4O5. The number of aliphatic hydroxyl groups excluding tert-OH is 1. The highest BCUT2D eigenvalue weighted by Gasteiger charge is 2.30. The monoisotopic (exact) mass is 436 g/mol. The number of aromatic hydroxyl groups is 1. The van der Waals surface area contributed by atoms with Gasteiger partial charge in [-0.2, -0.15) is 0 Å². The number of hydrogen-bond acceptors (Lipinski definition) is 7. The maximum Gasteiger partial charge on any atom is 0.249 e. The van der Waals surface area contributed by atoms with Crippen LogP contribution in [0.4, 0.5) is 0 Å². The molecule has 0 aliphatic rings. The average molecular weight is 437 g/mol. The second-order valence-corrected chi connectivity index (χ2v) is 8.07. The van der Waals surface area contributed by atoms with Crippen molar-refractivity contribution >= 4 is 17.7 Å². The van der Waals surface area contributed by atoms with Crippen LogP contribution in [0.15, 0.2) is 24.3 Å². The molecule has 1 rings (SSSR count). The first-order chi connectivity index (χ1) is 14.7. The quantitative estimate of drug-likeness (QED) is 0.240. The Kier molecular flexibility index (Phi) is 11.8. The van der Waals surface area contributed by atoms with Crippen molar-refractivity contribution < 1.29 is 24.6 Å². The van der Waals surface area contributed by atoms with Crippen LogP contribution in [0.2, 0.25) is 0 Å². The van der Waals surface area contributed by atoms with Gasteiger partial charge in [0.1, 0.15) is 11.8 Å². The molecule has 3 amide bonds. The van der Waals surface area contributed by atoms with Crippen LogP contribution in [0.5, 0.6) is 5.75 Å². The minimum Gasteiger partial charge on any atom is -0.508 e. The van der Waals surface area contributed by atoms with Gasteiger partial charge in [-0.3, -0.25) is 19.7 Å². The molecule has 0 fully saturated rings. The number of nitrogens with two attached hydrogens (primary N) is 2. The van der Waals surface area contributed by atoms with E-state index in [4.69, 9.17) is 11.5 Å². The fourth-order valence-electron chi connectivity index (χ4n) is 3.06. The number of carbonyl (C=O) groups excluding carboxylic acids is 3. The van der Waals surface area contributed by atoms with E-state index in [0.717, 1.165) is 24.8 Å². The molecule has 3 unspecified atom stereocenters. The Bertz CT molecular complexity index is 704. The number of nitrogens with one attached hydrogen (secondary N) is 2. The molecule has 0 saturated carbocycles. The number of hydrogen-bond donors (Lipinski definition) is 6.